The highest BCUT2D eigenvalue weighted by atomic mass is 79.9. The predicted molar refractivity (Wildman–Crippen MR) is 127 cm³/mol. The lowest BCUT2D eigenvalue weighted by Gasteiger charge is -2.41. The van der Waals surface area contributed by atoms with E-state index in [-0.39, 0.29) is 24.4 Å². The van der Waals surface area contributed by atoms with E-state index < -0.39 is 17.8 Å². The molecule has 0 amide bonds. The second-order valence-corrected chi connectivity index (χ2v) is 10.2. The molecular formula is C26H28BrNO5. The Morgan fingerprint density at radius 3 is 2.64 bits per heavy atom. The Bertz CT molecular complexity index is 1110. The minimum atomic E-state index is -0.750. The van der Waals surface area contributed by atoms with Gasteiger partial charge in [0.15, 0.2) is 5.78 Å². The highest BCUT2D eigenvalue weighted by Gasteiger charge is 2.47. The van der Waals surface area contributed by atoms with Crippen molar-refractivity contribution in [1.29, 1.82) is 0 Å². The fraction of sp³-hybridized carbons (Fsp3) is 0.385. The summed E-state index contributed by atoms with van der Waals surface area (Å²) < 4.78 is 18.3. The zero-order valence-corrected chi connectivity index (χ0v) is 20.7. The number of ketones is 1. The van der Waals surface area contributed by atoms with Gasteiger partial charge in [-0.25, -0.2) is 0 Å². The molecule has 33 heavy (non-hydrogen) atoms. The summed E-state index contributed by atoms with van der Waals surface area (Å²) in [6.07, 6.45) is 1.10. The minimum absolute atomic E-state index is 0.0182. The van der Waals surface area contributed by atoms with Crippen molar-refractivity contribution in [2.45, 2.75) is 46.1 Å². The molecule has 2 unspecified atom stereocenters. The average Bonchev–Trinajstić information content (AvgIpc) is 3.20. The number of carbonyl (C=O) groups is 2. The number of allylic oxidation sites excluding steroid dienone is 2. The van der Waals surface area contributed by atoms with Crippen molar-refractivity contribution in [1.82, 2.24) is 5.32 Å². The number of hydrogen-bond donors (Lipinski definition) is 1. The Kier molecular flexibility index (Phi) is 6.52. The molecule has 7 heteroatoms. The predicted octanol–water partition coefficient (Wildman–Crippen LogP) is 5.64. The molecular weight excluding hydrogens is 486 g/mol. The molecule has 0 saturated carbocycles. The molecule has 2 atom stereocenters. The average molecular weight is 514 g/mol. The number of esters is 1. The van der Waals surface area contributed by atoms with Crippen molar-refractivity contribution >= 4 is 27.7 Å². The standard InChI is InChI=1S/C26H28BrNO5/c1-5-31-25(30)22-15(2)28-19-12-26(3,4)13-20(29)23(19)24(22)21-11-10-18(33-21)14-32-17-8-6-16(27)7-9-17/h6-11,22,24,28H,2,5,12-14H2,1,3-4H3. The van der Waals surface area contributed by atoms with Gasteiger partial charge < -0.3 is 19.2 Å². The van der Waals surface area contributed by atoms with Gasteiger partial charge in [0.05, 0.1) is 12.5 Å². The van der Waals surface area contributed by atoms with Crippen molar-refractivity contribution in [3.63, 3.8) is 0 Å². The van der Waals surface area contributed by atoms with Crippen molar-refractivity contribution < 1.29 is 23.5 Å². The van der Waals surface area contributed by atoms with Crippen LogP contribution in [0, 0.1) is 11.3 Å². The fourth-order valence-corrected chi connectivity index (χ4v) is 4.85. The normalized spacial score (nSPS) is 21.9. The summed E-state index contributed by atoms with van der Waals surface area (Å²) in [7, 11) is 0. The van der Waals surface area contributed by atoms with Gasteiger partial charge in [-0.1, -0.05) is 36.4 Å². The Hall–Kier alpha value is -2.80. The van der Waals surface area contributed by atoms with Gasteiger partial charge in [0.25, 0.3) is 0 Å². The number of hydrogen-bond acceptors (Lipinski definition) is 6. The summed E-state index contributed by atoms with van der Waals surface area (Å²) in [5, 5.41) is 3.24. The molecule has 2 heterocycles. The lowest BCUT2D eigenvalue weighted by molar-refractivity contribution is -0.147. The van der Waals surface area contributed by atoms with Crippen LogP contribution in [0.4, 0.5) is 0 Å². The van der Waals surface area contributed by atoms with Gasteiger partial charge >= 0.3 is 5.97 Å². The third kappa shape index (κ3) is 4.93. The van der Waals surface area contributed by atoms with E-state index in [0.29, 0.717) is 41.4 Å². The number of furan rings is 1. The third-order valence-electron chi connectivity index (χ3n) is 5.98. The maximum Gasteiger partial charge on any atom is 0.316 e. The molecule has 6 nitrogen and oxygen atoms in total. The lowest BCUT2D eigenvalue weighted by Crippen LogP contribution is -2.43. The molecule has 2 aliphatic rings. The van der Waals surface area contributed by atoms with E-state index in [9.17, 15) is 9.59 Å². The first kappa shape index (κ1) is 23.4. The minimum Gasteiger partial charge on any atom is -0.486 e. The number of benzene rings is 1. The highest BCUT2D eigenvalue weighted by molar-refractivity contribution is 9.10. The van der Waals surface area contributed by atoms with Crippen molar-refractivity contribution in [2.24, 2.45) is 11.3 Å². The second-order valence-electron chi connectivity index (χ2n) is 9.24. The SMILES string of the molecule is C=C1NC2=C(C(=O)CC(C)(C)C2)C(c2ccc(COc3ccc(Br)cc3)o2)C1C(=O)OCC. The van der Waals surface area contributed by atoms with Crippen LogP contribution in [0.15, 0.2) is 68.8 Å². The molecule has 1 aliphatic carbocycles. The Balaban J connectivity index is 1.67. The van der Waals surface area contributed by atoms with Crippen LogP contribution in [0.25, 0.3) is 0 Å². The molecule has 0 spiro atoms. The molecule has 1 N–H and O–H groups in total. The Morgan fingerprint density at radius 2 is 1.94 bits per heavy atom. The van der Waals surface area contributed by atoms with Crippen molar-refractivity contribution in [3.8, 4) is 5.75 Å². The highest BCUT2D eigenvalue weighted by Crippen LogP contribution is 2.48. The van der Waals surface area contributed by atoms with Gasteiger partial charge in [-0.2, -0.15) is 0 Å². The number of Topliss-reactive ketones (excluding diaryl/α,β-unsaturated/α-hetero) is 1. The smallest absolute Gasteiger partial charge is 0.316 e. The summed E-state index contributed by atoms with van der Waals surface area (Å²) in [5.74, 6) is 0.109. The lowest BCUT2D eigenvalue weighted by atomic mass is 9.67. The number of ether oxygens (including phenoxy) is 2. The number of nitrogens with one attached hydrogen (secondary N) is 1. The molecule has 4 rings (SSSR count). The first-order valence-electron chi connectivity index (χ1n) is 11.0. The van der Waals surface area contributed by atoms with Crippen LogP contribution in [-0.2, 0) is 20.9 Å². The number of rotatable bonds is 6. The van der Waals surface area contributed by atoms with Crippen LogP contribution in [0.1, 0.15) is 51.1 Å². The molecule has 0 saturated heterocycles. The Morgan fingerprint density at radius 1 is 1.21 bits per heavy atom. The van der Waals surface area contributed by atoms with Crippen LogP contribution in [-0.4, -0.2) is 18.4 Å². The molecule has 174 valence electrons. The maximum atomic E-state index is 13.3. The van der Waals surface area contributed by atoms with Crippen LogP contribution < -0.4 is 10.1 Å². The van der Waals surface area contributed by atoms with Gasteiger partial charge in [0.1, 0.15) is 29.8 Å². The van der Waals surface area contributed by atoms with Crippen LogP contribution in [0.2, 0.25) is 0 Å². The van der Waals surface area contributed by atoms with Crippen molar-refractivity contribution in [2.75, 3.05) is 6.61 Å². The summed E-state index contributed by atoms with van der Waals surface area (Å²) in [6.45, 7) is 10.5. The van der Waals surface area contributed by atoms with Crippen LogP contribution in [0.3, 0.4) is 0 Å². The number of halogens is 1. The quantitative estimate of drug-likeness (QED) is 0.503. The molecule has 2 aromatic rings. The monoisotopic (exact) mass is 513 g/mol. The second kappa shape index (κ2) is 9.21. The summed E-state index contributed by atoms with van der Waals surface area (Å²) in [4.78, 5) is 26.2. The van der Waals surface area contributed by atoms with Gasteiger partial charge in [-0.05, 0) is 55.2 Å². The topological polar surface area (TPSA) is 77.8 Å². The van der Waals surface area contributed by atoms with E-state index in [2.05, 4.69) is 41.7 Å². The van der Waals surface area contributed by atoms with E-state index in [4.69, 9.17) is 13.9 Å². The number of carbonyl (C=O) groups excluding carboxylic acids is 2. The molecule has 0 fully saturated rings. The summed E-state index contributed by atoms with van der Waals surface area (Å²) >= 11 is 3.41. The van der Waals surface area contributed by atoms with Gasteiger partial charge in [-0.3, -0.25) is 9.59 Å². The van der Waals surface area contributed by atoms with Crippen LogP contribution >= 0.6 is 15.9 Å². The first-order valence-corrected chi connectivity index (χ1v) is 11.8. The van der Waals surface area contributed by atoms with E-state index in [1.165, 1.54) is 0 Å². The zero-order valence-electron chi connectivity index (χ0n) is 19.1. The zero-order chi connectivity index (χ0) is 23.8. The third-order valence-corrected chi connectivity index (χ3v) is 6.50. The molecule has 1 aromatic heterocycles. The largest absolute Gasteiger partial charge is 0.486 e. The Labute approximate surface area is 202 Å². The maximum absolute atomic E-state index is 13.3. The van der Waals surface area contributed by atoms with Gasteiger partial charge in [0, 0.05) is 27.9 Å². The van der Waals surface area contributed by atoms with Crippen molar-refractivity contribution in [3.05, 3.63) is 75.9 Å². The molecule has 0 bridgehead atoms. The fourth-order valence-electron chi connectivity index (χ4n) is 4.59. The van der Waals surface area contributed by atoms with E-state index >= 15 is 0 Å². The molecule has 0 radical (unpaired) electrons. The molecule has 1 aromatic carbocycles. The summed E-state index contributed by atoms with van der Waals surface area (Å²) in [5.41, 5.74) is 1.76. The summed E-state index contributed by atoms with van der Waals surface area (Å²) in [6, 6.07) is 11.2. The van der Waals surface area contributed by atoms with Crippen LogP contribution in [0.5, 0.6) is 5.75 Å². The van der Waals surface area contributed by atoms with E-state index in [1.54, 1.807) is 6.92 Å². The van der Waals surface area contributed by atoms with E-state index in [0.717, 1.165) is 10.2 Å². The van der Waals surface area contributed by atoms with Gasteiger partial charge in [-0.15, -0.1) is 0 Å². The van der Waals surface area contributed by atoms with E-state index in [1.807, 2.05) is 36.4 Å². The first-order chi connectivity index (χ1) is 15.7. The van der Waals surface area contributed by atoms with Gasteiger partial charge in [0.2, 0.25) is 0 Å². The molecule has 1 aliphatic heterocycles.